The first kappa shape index (κ1) is 21.2. The molecular formula is C19H24N4O5. The highest BCUT2D eigenvalue weighted by Crippen LogP contribution is 2.09. The van der Waals surface area contributed by atoms with E-state index in [1.165, 1.54) is 13.1 Å². The number of rotatable bonds is 6. The second kappa shape index (κ2) is 8.75. The van der Waals surface area contributed by atoms with Crippen LogP contribution in [-0.4, -0.2) is 57.1 Å². The Hall–Kier alpha value is -3.07. The van der Waals surface area contributed by atoms with E-state index in [1.54, 1.807) is 45.0 Å². The van der Waals surface area contributed by atoms with E-state index in [2.05, 4.69) is 20.6 Å². The summed E-state index contributed by atoms with van der Waals surface area (Å²) in [5.41, 5.74) is 0.459. The number of ether oxygens (including phenoxy) is 1. The summed E-state index contributed by atoms with van der Waals surface area (Å²) < 4.78 is 5.18. The zero-order valence-corrected chi connectivity index (χ0v) is 16.2. The minimum Gasteiger partial charge on any atom is -0.458 e. The monoisotopic (exact) mass is 388 g/mol. The lowest BCUT2D eigenvalue weighted by molar-refractivity contribution is -0.158. The smallest absolute Gasteiger partial charge is 0.328 e. The van der Waals surface area contributed by atoms with E-state index in [-0.39, 0.29) is 5.69 Å². The molecule has 28 heavy (non-hydrogen) atoms. The molecule has 0 aliphatic rings. The summed E-state index contributed by atoms with van der Waals surface area (Å²) in [5.74, 6) is -2.01. The van der Waals surface area contributed by atoms with Crippen LogP contribution in [0, 0.1) is 0 Å². The van der Waals surface area contributed by atoms with Crippen LogP contribution in [0.2, 0.25) is 0 Å². The van der Waals surface area contributed by atoms with Crippen LogP contribution in [0.5, 0.6) is 0 Å². The quantitative estimate of drug-likeness (QED) is 0.617. The van der Waals surface area contributed by atoms with Crippen LogP contribution in [-0.2, 0) is 14.3 Å². The van der Waals surface area contributed by atoms with Crippen molar-refractivity contribution < 1.29 is 24.2 Å². The summed E-state index contributed by atoms with van der Waals surface area (Å²) in [6.45, 7) is 5.93. The molecule has 0 radical (unpaired) electrons. The number of carbonyl (C=O) groups excluding carboxylic acids is 3. The van der Waals surface area contributed by atoms with Gasteiger partial charge >= 0.3 is 5.97 Å². The van der Waals surface area contributed by atoms with Crippen LogP contribution in [0.3, 0.4) is 0 Å². The second-order valence-corrected chi connectivity index (χ2v) is 7.22. The molecule has 0 saturated carbocycles. The van der Waals surface area contributed by atoms with Gasteiger partial charge in [-0.25, -0.2) is 9.78 Å². The van der Waals surface area contributed by atoms with E-state index in [1.807, 2.05) is 0 Å². The van der Waals surface area contributed by atoms with E-state index in [0.717, 1.165) is 0 Å². The number of para-hydroxylation sites is 2. The first-order valence-corrected chi connectivity index (χ1v) is 8.77. The molecule has 0 spiro atoms. The molecule has 0 aliphatic heterocycles. The van der Waals surface area contributed by atoms with Gasteiger partial charge in [0.15, 0.2) is 0 Å². The second-order valence-electron chi connectivity index (χ2n) is 7.22. The Labute approximate surface area is 162 Å². The Kier molecular flexibility index (Phi) is 6.63. The highest BCUT2D eigenvalue weighted by atomic mass is 16.6. The van der Waals surface area contributed by atoms with Gasteiger partial charge in [-0.15, -0.1) is 0 Å². The van der Waals surface area contributed by atoms with Crippen LogP contribution in [0.15, 0.2) is 30.5 Å². The molecule has 2 aromatic rings. The van der Waals surface area contributed by atoms with Crippen LogP contribution in [0.25, 0.3) is 11.0 Å². The van der Waals surface area contributed by atoms with Gasteiger partial charge in [-0.3, -0.25) is 14.6 Å². The third kappa shape index (κ3) is 5.71. The number of nitrogens with zero attached hydrogens (tertiary/aromatic N) is 2. The Morgan fingerprint density at radius 2 is 1.79 bits per heavy atom. The molecule has 0 aliphatic carbocycles. The number of benzene rings is 1. The summed E-state index contributed by atoms with van der Waals surface area (Å²) in [4.78, 5) is 45.0. The van der Waals surface area contributed by atoms with Gasteiger partial charge in [-0.05, 0) is 39.8 Å². The maximum atomic E-state index is 12.4. The van der Waals surface area contributed by atoms with Gasteiger partial charge in [0.05, 0.1) is 23.8 Å². The zero-order chi connectivity index (χ0) is 20.9. The first-order chi connectivity index (χ1) is 13.1. The van der Waals surface area contributed by atoms with Crippen molar-refractivity contribution in [3.8, 4) is 0 Å². The third-order valence-electron chi connectivity index (χ3n) is 3.60. The lowest BCUT2D eigenvalue weighted by Crippen LogP contribution is -2.53. The lowest BCUT2D eigenvalue weighted by atomic mass is 10.2. The molecule has 1 heterocycles. The number of hydrogen-bond acceptors (Lipinski definition) is 7. The van der Waals surface area contributed by atoms with E-state index in [4.69, 9.17) is 4.74 Å². The molecule has 1 aromatic heterocycles. The summed E-state index contributed by atoms with van der Waals surface area (Å²) in [7, 11) is 0. The van der Waals surface area contributed by atoms with E-state index >= 15 is 0 Å². The molecule has 9 nitrogen and oxygen atoms in total. The van der Waals surface area contributed by atoms with Crippen molar-refractivity contribution in [2.24, 2.45) is 0 Å². The summed E-state index contributed by atoms with van der Waals surface area (Å²) in [5, 5.41) is 14.3. The number of hydrogen-bond donors (Lipinski definition) is 3. The average molecular weight is 388 g/mol. The molecule has 2 atom stereocenters. The fourth-order valence-electron chi connectivity index (χ4n) is 2.26. The van der Waals surface area contributed by atoms with Crippen molar-refractivity contribution >= 4 is 28.8 Å². The van der Waals surface area contributed by atoms with Crippen LogP contribution < -0.4 is 10.6 Å². The predicted octanol–water partition coefficient (Wildman–Crippen LogP) is 0.567. The molecule has 9 heteroatoms. The molecule has 0 bridgehead atoms. The SMILES string of the molecule is CC(NC(=O)C(CO)NC(=O)c1cnc2ccccc2n1)C(=O)OC(C)(C)C. The number of fused-ring (bicyclic) bond motifs is 1. The van der Waals surface area contributed by atoms with E-state index in [0.29, 0.717) is 11.0 Å². The first-order valence-electron chi connectivity index (χ1n) is 8.77. The number of aromatic nitrogens is 2. The van der Waals surface area contributed by atoms with Gasteiger partial charge in [0.2, 0.25) is 5.91 Å². The number of amides is 2. The standard InChI is InChI=1S/C19H24N4O5/c1-11(18(27)28-19(2,3)4)21-17(26)15(10-24)23-16(25)14-9-20-12-7-5-6-8-13(12)22-14/h5-9,11,15,24H,10H2,1-4H3,(H,21,26)(H,23,25). The molecule has 2 rings (SSSR count). The minimum absolute atomic E-state index is 0.00476. The molecular weight excluding hydrogens is 364 g/mol. The topological polar surface area (TPSA) is 131 Å². The van der Waals surface area contributed by atoms with Crippen molar-refractivity contribution in [2.45, 2.75) is 45.4 Å². The van der Waals surface area contributed by atoms with Crippen LogP contribution >= 0.6 is 0 Å². The number of aliphatic hydroxyl groups excluding tert-OH is 1. The largest absolute Gasteiger partial charge is 0.458 e. The van der Waals surface area contributed by atoms with Gasteiger partial charge in [0.1, 0.15) is 23.4 Å². The van der Waals surface area contributed by atoms with Crippen molar-refractivity contribution in [3.05, 3.63) is 36.2 Å². The van der Waals surface area contributed by atoms with Gasteiger partial charge in [0.25, 0.3) is 5.91 Å². The summed E-state index contributed by atoms with van der Waals surface area (Å²) >= 11 is 0. The van der Waals surface area contributed by atoms with Gasteiger partial charge in [-0.1, -0.05) is 12.1 Å². The average Bonchev–Trinajstić information content (AvgIpc) is 2.63. The van der Waals surface area contributed by atoms with E-state index in [9.17, 15) is 19.5 Å². The van der Waals surface area contributed by atoms with Crippen molar-refractivity contribution in [1.29, 1.82) is 0 Å². The molecule has 2 amide bonds. The number of carbonyl (C=O) groups is 3. The highest BCUT2D eigenvalue weighted by molar-refractivity contribution is 5.97. The lowest BCUT2D eigenvalue weighted by Gasteiger charge is -2.24. The summed E-state index contributed by atoms with van der Waals surface area (Å²) in [6, 6.07) is 4.82. The van der Waals surface area contributed by atoms with Gasteiger partial charge in [-0.2, -0.15) is 0 Å². The van der Waals surface area contributed by atoms with Crippen molar-refractivity contribution in [2.75, 3.05) is 6.61 Å². The summed E-state index contributed by atoms with van der Waals surface area (Å²) in [6.07, 6.45) is 1.29. The predicted molar refractivity (Wildman–Crippen MR) is 101 cm³/mol. The number of esters is 1. The normalized spacial score (nSPS) is 13.5. The molecule has 150 valence electrons. The van der Waals surface area contributed by atoms with Crippen LogP contribution in [0.1, 0.15) is 38.2 Å². The molecule has 3 N–H and O–H groups in total. The third-order valence-corrected chi connectivity index (χ3v) is 3.60. The minimum atomic E-state index is -1.26. The maximum absolute atomic E-state index is 12.4. The van der Waals surface area contributed by atoms with Crippen molar-refractivity contribution in [3.63, 3.8) is 0 Å². The van der Waals surface area contributed by atoms with Crippen molar-refractivity contribution in [1.82, 2.24) is 20.6 Å². The molecule has 1 aromatic carbocycles. The Morgan fingerprint density at radius 3 is 2.39 bits per heavy atom. The molecule has 0 saturated heterocycles. The number of nitrogens with one attached hydrogen (secondary N) is 2. The fraction of sp³-hybridized carbons (Fsp3) is 0.421. The van der Waals surface area contributed by atoms with Crippen LogP contribution in [0.4, 0.5) is 0 Å². The van der Waals surface area contributed by atoms with Gasteiger partial charge in [0, 0.05) is 0 Å². The Balaban J connectivity index is 2.02. The maximum Gasteiger partial charge on any atom is 0.328 e. The molecule has 2 unspecified atom stereocenters. The number of aliphatic hydroxyl groups is 1. The fourth-order valence-corrected chi connectivity index (χ4v) is 2.26. The van der Waals surface area contributed by atoms with Gasteiger partial charge < -0.3 is 20.5 Å². The Morgan fingerprint density at radius 1 is 1.14 bits per heavy atom. The molecule has 0 fully saturated rings. The Bertz CT molecular complexity index is 878. The zero-order valence-electron chi connectivity index (χ0n) is 16.2. The van der Waals surface area contributed by atoms with E-state index < -0.39 is 42.1 Å². The highest BCUT2D eigenvalue weighted by Gasteiger charge is 2.27.